The number of hydrogen-bond donors (Lipinski definition) is 4. The van der Waals surface area contributed by atoms with Gasteiger partial charge in [-0.2, -0.15) is 8.78 Å². The van der Waals surface area contributed by atoms with Gasteiger partial charge in [-0.3, -0.25) is 4.79 Å². The molecule has 79 heavy (non-hydrogen) atoms. The van der Waals surface area contributed by atoms with Crippen molar-refractivity contribution in [2.75, 3.05) is 6.54 Å². The number of aryl methyl sites for hydroxylation is 1. The highest BCUT2D eigenvalue weighted by molar-refractivity contribution is 5.88. The van der Waals surface area contributed by atoms with Gasteiger partial charge in [0.2, 0.25) is 40.7 Å². The van der Waals surface area contributed by atoms with Crippen molar-refractivity contribution in [3.05, 3.63) is 226 Å². The maximum Gasteiger partial charge on any atom is 0.408 e. The summed E-state index contributed by atoms with van der Waals surface area (Å²) in [4.78, 5) is 67.1. The van der Waals surface area contributed by atoms with Crippen LogP contribution in [0, 0.1) is 36.0 Å². The zero-order chi connectivity index (χ0) is 56.3. The van der Waals surface area contributed by atoms with Crippen LogP contribution in [0.25, 0.3) is 11.1 Å². The minimum absolute atomic E-state index is 0.00589. The van der Waals surface area contributed by atoms with Gasteiger partial charge in [-0.05, 0) is 82.0 Å². The first-order valence-electron chi connectivity index (χ1n) is 24.9. The highest BCUT2D eigenvalue weighted by Crippen LogP contribution is 2.33. The van der Waals surface area contributed by atoms with Crippen molar-refractivity contribution in [3.63, 3.8) is 0 Å². The molecule has 0 aliphatic carbocycles. The Hall–Kier alpha value is -9.10. The molecule has 0 radical (unpaired) electrons. The lowest BCUT2D eigenvalue weighted by Gasteiger charge is -2.22. The highest BCUT2D eigenvalue weighted by atomic mass is 19.2. The Balaban J connectivity index is 1.14. The highest BCUT2D eigenvalue weighted by Gasteiger charge is 2.33. The summed E-state index contributed by atoms with van der Waals surface area (Å²) in [5.74, 6) is -16.8. The van der Waals surface area contributed by atoms with Crippen LogP contribution in [0.4, 0.5) is 31.5 Å². The predicted octanol–water partition coefficient (Wildman–Crippen LogP) is 10.2. The number of halogens is 5. The first-order valence-corrected chi connectivity index (χ1v) is 24.9. The molecule has 3 amide bonds. The second-order valence-electron chi connectivity index (χ2n) is 18.1. The van der Waals surface area contributed by atoms with Crippen molar-refractivity contribution in [2.24, 2.45) is 5.73 Å². The lowest BCUT2D eigenvalue weighted by atomic mass is 9.93. The number of ether oxygens (including phenoxy) is 5. The maximum atomic E-state index is 14.9. The molecule has 5 N–H and O–H groups in total. The topological polar surface area (TPSA) is 194 Å². The average molecular weight is 1090 g/mol. The molecule has 19 heteroatoms. The van der Waals surface area contributed by atoms with E-state index in [4.69, 9.17) is 29.4 Å². The van der Waals surface area contributed by atoms with Gasteiger partial charge in [0, 0.05) is 19.4 Å². The Kier molecular flexibility index (Phi) is 20.7. The number of carbonyl (C=O) groups is 5. The number of alkyl carbamates (subject to hydrolysis) is 2. The zero-order valence-corrected chi connectivity index (χ0v) is 42.7. The summed E-state index contributed by atoms with van der Waals surface area (Å²) in [6.07, 6.45) is -2.03. The van der Waals surface area contributed by atoms with Gasteiger partial charge in [0.05, 0.1) is 6.04 Å². The van der Waals surface area contributed by atoms with E-state index in [0.717, 1.165) is 11.1 Å². The standard InChI is InChI=1S/C60H55F5N4O10/c1-37-24-25-42(29-44(37)31-47(57(71)76-34-39-17-8-3-9-18-39)68-56(70)46(66)23-14-28-67-59(73)77-35-40-19-10-4-11-20-40)43-26-27-49(75-33-38-15-6-2-7-16-38)45(30-43)32-48(69-60(74)78-36-41-21-12-5-13-22-41)58(72)79-55-53(64)51(62)50(61)52(63)54(55)65/h2-13,15-22,24-27,29-30,46-48H,14,23,28,31-36,66H2,1H3,(H,67,73)(H,68,70)(H,69,74)/t46-,47-,48-/m0/s1. The third kappa shape index (κ3) is 16.7. The van der Waals surface area contributed by atoms with E-state index in [1.165, 1.54) is 0 Å². The van der Waals surface area contributed by atoms with Gasteiger partial charge >= 0.3 is 24.1 Å². The third-order valence-corrected chi connectivity index (χ3v) is 12.3. The molecular weight excluding hydrogens is 1030 g/mol. The average Bonchev–Trinajstić information content (AvgIpc) is 3.53. The van der Waals surface area contributed by atoms with Crippen LogP contribution >= 0.6 is 0 Å². The van der Waals surface area contributed by atoms with Gasteiger partial charge in [0.1, 0.15) is 44.3 Å². The maximum absolute atomic E-state index is 14.9. The lowest BCUT2D eigenvalue weighted by molar-refractivity contribution is -0.149. The van der Waals surface area contributed by atoms with Crippen LogP contribution in [0.2, 0.25) is 0 Å². The summed E-state index contributed by atoms with van der Waals surface area (Å²) >= 11 is 0. The van der Waals surface area contributed by atoms with Crippen LogP contribution in [-0.4, -0.2) is 54.7 Å². The lowest BCUT2D eigenvalue weighted by Crippen LogP contribution is -2.50. The second kappa shape index (κ2) is 28.3. The summed E-state index contributed by atoms with van der Waals surface area (Å²) in [6.45, 7) is 1.66. The van der Waals surface area contributed by atoms with Gasteiger partial charge in [-0.1, -0.05) is 146 Å². The molecule has 7 rings (SSSR count). The number of esters is 2. The van der Waals surface area contributed by atoms with Gasteiger partial charge in [0.15, 0.2) is 0 Å². The Morgan fingerprint density at radius 2 is 0.962 bits per heavy atom. The first kappa shape index (κ1) is 57.6. The summed E-state index contributed by atoms with van der Waals surface area (Å²) in [7, 11) is 0. The number of hydrogen-bond acceptors (Lipinski definition) is 11. The van der Waals surface area contributed by atoms with Crippen LogP contribution in [0.15, 0.2) is 158 Å². The van der Waals surface area contributed by atoms with Crippen molar-refractivity contribution in [1.82, 2.24) is 16.0 Å². The predicted molar refractivity (Wildman–Crippen MR) is 280 cm³/mol. The minimum Gasteiger partial charge on any atom is -0.489 e. The molecule has 3 atom stereocenters. The molecule has 0 bridgehead atoms. The molecule has 14 nitrogen and oxygen atoms in total. The summed E-state index contributed by atoms with van der Waals surface area (Å²) in [5, 5.41) is 7.70. The zero-order valence-electron chi connectivity index (χ0n) is 42.7. The van der Waals surface area contributed by atoms with E-state index >= 15 is 0 Å². The Morgan fingerprint density at radius 3 is 1.52 bits per heavy atom. The summed E-state index contributed by atoms with van der Waals surface area (Å²) in [6, 6.07) is 41.4. The van der Waals surface area contributed by atoms with Crippen molar-refractivity contribution in [2.45, 2.75) is 77.2 Å². The molecule has 0 aliphatic rings. The van der Waals surface area contributed by atoms with Crippen LogP contribution in [0.1, 0.15) is 51.8 Å². The molecule has 0 unspecified atom stereocenters. The molecule has 0 spiro atoms. The van der Waals surface area contributed by atoms with Crippen molar-refractivity contribution >= 4 is 30.0 Å². The number of rotatable bonds is 24. The van der Waals surface area contributed by atoms with E-state index in [1.807, 2.05) is 36.4 Å². The second-order valence-corrected chi connectivity index (χ2v) is 18.1. The van der Waals surface area contributed by atoms with E-state index in [-0.39, 0.29) is 57.1 Å². The quantitative estimate of drug-likeness (QED) is 0.00856. The van der Waals surface area contributed by atoms with Crippen LogP contribution in [0.3, 0.4) is 0 Å². The molecule has 0 saturated carbocycles. The fourth-order valence-corrected chi connectivity index (χ4v) is 7.97. The fraction of sp³-hybridized carbons (Fsp3) is 0.217. The van der Waals surface area contributed by atoms with Gasteiger partial charge < -0.3 is 45.4 Å². The molecule has 0 aromatic heterocycles. The largest absolute Gasteiger partial charge is 0.489 e. The molecular formula is C60H55F5N4O10. The molecule has 0 aliphatic heterocycles. The molecule has 7 aromatic carbocycles. The van der Waals surface area contributed by atoms with E-state index in [2.05, 4.69) is 16.0 Å². The molecule has 410 valence electrons. The molecule has 0 fully saturated rings. The van der Waals surface area contributed by atoms with Crippen LogP contribution < -0.4 is 31.2 Å². The van der Waals surface area contributed by atoms with E-state index < -0.39 is 89.4 Å². The van der Waals surface area contributed by atoms with E-state index in [1.54, 1.807) is 128 Å². The number of nitrogens with one attached hydrogen (secondary N) is 3. The SMILES string of the molecule is Cc1ccc(-c2ccc(OCc3ccccc3)c(C[C@H](NC(=O)OCc3ccccc3)C(=O)Oc3c(F)c(F)c(F)c(F)c3F)c2)cc1C[C@H](NC(=O)[C@@H](N)CCCNC(=O)OCc1ccccc1)C(=O)OCc1ccccc1. The van der Waals surface area contributed by atoms with Gasteiger partial charge in [-0.25, -0.2) is 32.3 Å². The van der Waals surface area contributed by atoms with E-state index in [9.17, 15) is 45.9 Å². The van der Waals surface area contributed by atoms with Crippen LogP contribution in [-0.2, 0) is 67.9 Å². The Bertz CT molecular complexity index is 3190. The number of carbonyl (C=O) groups excluding carboxylic acids is 5. The summed E-state index contributed by atoms with van der Waals surface area (Å²) < 4.78 is 99.9. The molecule has 0 saturated heterocycles. The van der Waals surface area contributed by atoms with Gasteiger partial charge in [0.25, 0.3) is 0 Å². The van der Waals surface area contributed by atoms with Crippen molar-refractivity contribution < 1.29 is 69.6 Å². The minimum atomic E-state index is -2.48. The first-order chi connectivity index (χ1) is 38.1. The third-order valence-electron chi connectivity index (χ3n) is 12.3. The van der Waals surface area contributed by atoms with Crippen molar-refractivity contribution in [1.29, 1.82) is 0 Å². The number of amides is 3. The Morgan fingerprint density at radius 1 is 0.506 bits per heavy atom. The summed E-state index contributed by atoms with van der Waals surface area (Å²) in [5.41, 5.74) is 11.6. The number of nitrogens with two attached hydrogens (primary N) is 1. The normalized spacial score (nSPS) is 12.0. The van der Waals surface area contributed by atoms with E-state index in [0.29, 0.717) is 39.8 Å². The van der Waals surface area contributed by atoms with Crippen molar-refractivity contribution in [3.8, 4) is 22.6 Å². The smallest absolute Gasteiger partial charge is 0.408 e. The van der Waals surface area contributed by atoms with Gasteiger partial charge in [-0.15, -0.1) is 0 Å². The molecule has 0 heterocycles. The fourth-order valence-electron chi connectivity index (χ4n) is 7.97. The monoisotopic (exact) mass is 1090 g/mol. The molecule has 7 aromatic rings. The Labute approximate surface area is 452 Å². The number of benzene rings is 7. The van der Waals surface area contributed by atoms with Crippen LogP contribution in [0.5, 0.6) is 11.5 Å².